The van der Waals surface area contributed by atoms with E-state index >= 15 is 0 Å². The Balaban J connectivity index is 3.22. The van der Waals surface area contributed by atoms with Crippen LogP contribution in [0.5, 0.6) is 0 Å². The number of carbonyl (C=O) groups is 1. The average molecular weight is 419 g/mol. The zero-order chi connectivity index (χ0) is 20.5. The van der Waals surface area contributed by atoms with Crippen LogP contribution in [0.15, 0.2) is 17.0 Å². The molecular formula is C14H18ClF3N2O5S. The molecule has 7 nitrogen and oxygen atoms in total. The molecule has 148 valence electrons. The third-order valence-corrected chi connectivity index (χ3v) is 5.72. The fourth-order valence-corrected chi connectivity index (χ4v) is 3.55. The molecule has 1 aromatic carbocycles. The van der Waals surface area contributed by atoms with Gasteiger partial charge in [-0.05, 0) is 38.5 Å². The van der Waals surface area contributed by atoms with Gasteiger partial charge in [0.1, 0.15) is 0 Å². The lowest BCUT2D eigenvalue weighted by molar-refractivity contribution is -0.242. The summed E-state index contributed by atoms with van der Waals surface area (Å²) in [5.41, 5.74) is -3.99. The summed E-state index contributed by atoms with van der Waals surface area (Å²) in [5, 5.41) is 19.8. The number of hydrogen-bond acceptors (Lipinski definition) is 5. The molecule has 0 bridgehead atoms. The maximum atomic E-state index is 12.7. The summed E-state index contributed by atoms with van der Waals surface area (Å²) in [6, 6.07) is 1.25. The van der Waals surface area contributed by atoms with Gasteiger partial charge < -0.3 is 15.5 Å². The summed E-state index contributed by atoms with van der Waals surface area (Å²) >= 11 is 5.96. The summed E-state index contributed by atoms with van der Waals surface area (Å²) in [5.74, 6) is -1.77. The van der Waals surface area contributed by atoms with Crippen molar-refractivity contribution in [2.75, 3.05) is 11.9 Å². The summed E-state index contributed by atoms with van der Waals surface area (Å²) in [4.78, 5) is 11.4. The Morgan fingerprint density at radius 2 is 1.88 bits per heavy atom. The fourth-order valence-electron chi connectivity index (χ4n) is 1.79. The van der Waals surface area contributed by atoms with Crippen molar-refractivity contribution in [2.45, 2.75) is 43.5 Å². The molecule has 0 aromatic heterocycles. The highest BCUT2D eigenvalue weighted by molar-refractivity contribution is 7.89. The van der Waals surface area contributed by atoms with Crippen molar-refractivity contribution in [3.63, 3.8) is 0 Å². The topological polar surface area (TPSA) is 116 Å². The van der Waals surface area contributed by atoms with Gasteiger partial charge in [-0.1, -0.05) is 11.6 Å². The van der Waals surface area contributed by atoms with Crippen molar-refractivity contribution in [1.82, 2.24) is 4.72 Å². The molecule has 1 aromatic rings. The maximum absolute atomic E-state index is 12.7. The van der Waals surface area contributed by atoms with Crippen LogP contribution in [-0.2, 0) is 14.8 Å². The Hall–Kier alpha value is -1.40. The molecule has 12 heteroatoms. The van der Waals surface area contributed by atoms with Crippen LogP contribution in [0.3, 0.4) is 0 Å². The van der Waals surface area contributed by atoms with Crippen LogP contribution >= 0.6 is 11.6 Å². The molecule has 4 N–H and O–H groups in total. The SMILES string of the molecule is Cc1c(S(=O)(=O)NC(C)CO)ccc(NC(=O)[C@@](C)(O)C(F)(F)F)c1Cl. The smallest absolute Gasteiger partial charge is 0.395 e. The summed E-state index contributed by atoms with van der Waals surface area (Å²) in [6.45, 7) is 2.54. The van der Waals surface area contributed by atoms with Crippen molar-refractivity contribution >= 4 is 33.2 Å². The molecule has 0 radical (unpaired) electrons. The zero-order valence-electron chi connectivity index (χ0n) is 14.0. The first-order valence-corrected chi connectivity index (χ1v) is 9.04. The first kappa shape index (κ1) is 22.6. The highest BCUT2D eigenvalue weighted by Gasteiger charge is 2.55. The van der Waals surface area contributed by atoms with Gasteiger partial charge in [0, 0.05) is 6.04 Å². The van der Waals surface area contributed by atoms with Gasteiger partial charge in [0.2, 0.25) is 15.6 Å². The van der Waals surface area contributed by atoms with Crippen LogP contribution < -0.4 is 10.0 Å². The lowest BCUT2D eigenvalue weighted by atomic mass is 10.1. The van der Waals surface area contributed by atoms with Gasteiger partial charge in [-0.3, -0.25) is 4.79 Å². The van der Waals surface area contributed by atoms with E-state index < -0.39 is 40.4 Å². The van der Waals surface area contributed by atoms with Crippen LogP contribution in [0.1, 0.15) is 19.4 Å². The van der Waals surface area contributed by atoms with Gasteiger partial charge in [-0.15, -0.1) is 0 Å². The number of aliphatic hydroxyl groups excluding tert-OH is 1. The number of carbonyl (C=O) groups excluding carboxylic acids is 1. The van der Waals surface area contributed by atoms with E-state index in [1.54, 1.807) is 0 Å². The van der Waals surface area contributed by atoms with Crippen LogP contribution in [0.25, 0.3) is 0 Å². The standard InChI is InChI=1S/C14H18ClF3N2O5S/c1-7(6-21)20-26(24,25)10-5-4-9(11(15)8(10)2)19-12(22)13(3,23)14(16,17)18/h4-5,7,20-21,23H,6H2,1-3H3,(H,19,22)/t7?,13-/m1/s1. The molecule has 0 heterocycles. The molecule has 1 amide bonds. The number of aliphatic hydroxyl groups is 2. The first-order chi connectivity index (χ1) is 11.6. The number of hydrogen-bond donors (Lipinski definition) is 4. The van der Waals surface area contributed by atoms with Crippen molar-refractivity contribution in [2.24, 2.45) is 0 Å². The Morgan fingerprint density at radius 1 is 1.35 bits per heavy atom. The number of rotatable bonds is 6. The van der Waals surface area contributed by atoms with E-state index in [1.807, 2.05) is 5.32 Å². The fraction of sp³-hybridized carbons (Fsp3) is 0.500. The summed E-state index contributed by atoms with van der Waals surface area (Å²) in [7, 11) is -4.06. The predicted octanol–water partition coefficient (Wildman–Crippen LogP) is 1.56. The zero-order valence-corrected chi connectivity index (χ0v) is 15.6. The molecule has 2 atom stereocenters. The Labute approximate surface area is 153 Å². The summed E-state index contributed by atoms with van der Waals surface area (Å²) < 4.78 is 64.7. The second-order valence-electron chi connectivity index (χ2n) is 5.78. The Kier molecular flexibility index (Phi) is 6.69. The lowest BCUT2D eigenvalue weighted by Crippen LogP contribution is -2.52. The van der Waals surface area contributed by atoms with Gasteiger partial charge in [-0.2, -0.15) is 13.2 Å². The van der Waals surface area contributed by atoms with Crippen molar-refractivity contribution < 1.29 is 36.6 Å². The Morgan fingerprint density at radius 3 is 2.35 bits per heavy atom. The largest absolute Gasteiger partial charge is 0.426 e. The van der Waals surface area contributed by atoms with E-state index in [9.17, 15) is 31.5 Å². The normalized spacial score (nSPS) is 16.0. The van der Waals surface area contributed by atoms with E-state index in [-0.39, 0.29) is 28.1 Å². The lowest BCUT2D eigenvalue weighted by Gasteiger charge is -2.25. The molecule has 0 aliphatic heterocycles. The minimum Gasteiger partial charge on any atom is -0.395 e. The van der Waals surface area contributed by atoms with Gasteiger partial charge >= 0.3 is 6.18 Å². The van der Waals surface area contributed by atoms with E-state index in [2.05, 4.69) is 4.72 Å². The van der Waals surface area contributed by atoms with Gasteiger partial charge in [0.15, 0.2) is 0 Å². The number of benzene rings is 1. The predicted molar refractivity (Wildman–Crippen MR) is 88.4 cm³/mol. The second kappa shape index (κ2) is 7.69. The quantitative estimate of drug-likeness (QED) is 0.559. The van der Waals surface area contributed by atoms with Crippen molar-refractivity contribution in [1.29, 1.82) is 0 Å². The highest BCUT2D eigenvalue weighted by Crippen LogP contribution is 2.34. The van der Waals surface area contributed by atoms with E-state index in [4.69, 9.17) is 16.7 Å². The molecule has 0 spiro atoms. The molecule has 26 heavy (non-hydrogen) atoms. The molecule has 1 unspecified atom stereocenters. The third-order valence-electron chi connectivity index (χ3n) is 3.50. The van der Waals surface area contributed by atoms with Gasteiger partial charge in [-0.25, -0.2) is 13.1 Å². The molecule has 0 saturated heterocycles. The van der Waals surface area contributed by atoms with Crippen molar-refractivity contribution in [3.05, 3.63) is 22.7 Å². The molecule has 0 aliphatic carbocycles. The molecule has 0 saturated carbocycles. The first-order valence-electron chi connectivity index (χ1n) is 7.18. The van der Waals surface area contributed by atoms with E-state index in [0.29, 0.717) is 0 Å². The molecular weight excluding hydrogens is 401 g/mol. The Bertz CT molecular complexity index is 797. The van der Waals surface area contributed by atoms with Crippen LogP contribution in [0.4, 0.5) is 18.9 Å². The van der Waals surface area contributed by atoms with Gasteiger partial charge in [0.25, 0.3) is 5.91 Å². The minimum atomic E-state index is -5.22. The number of alkyl halides is 3. The van der Waals surface area contributed by atoms with Gasteiger partial charge in [0.05, 0.1) is 22.2 Å². The summed E-state index contributed by atoms with van der Waals surface area (Å²) in [6.07, 6.45) is -5.22. The van der Waals surface area contributed by atoms with Crippen LogP contribution in [-0.4, -0.2) is 49.0 Å². The van der Waals surface area contributed by atoms with E-state index in [1.165, 1.54) is 13.8 Å². The number of sulfonamides is 1. The average Bonchev–Trinajstić information content (AvgIpc) is 2.49. The second-order valence-corrected chi connectivity index (χ2v) is 7.84. The minimum absolute atomic E-state index is 0.0336. The highest BCUT2D eigenvalue weighted by atomic mass is 35.5. The van der Waals surface area contributed by atoms with Crippen LogP contribution in [0.2, 0.25) is 5.02 Å². The molecule has 1 rings (SSSR count). The number of amides is 1. The number of halogens is 4. The molecule has 0 fully saturated rings. The van der Waals surface area contributed by atoms with Crippen LogP contribution in [0, 0.1) is 6.92 Å². The number of anilines is 1. The number of nitrogens with one attached hydrogen (secondary N) is 2. The molecule has 0 aliphatic rings. The van der Waals surface area contributed by atoms with E-state index in [0.717, 1.165) is 12.1 Å². The maximum Gasteiger partial charge on any atom is 0.426 e. The third kappa shape index (κ3) is 4.65. The van der Waals surface area contributed by atoms with Crippen molar-refractivity contribution in [3.8, 4) is 0 Å². The monoisotopic (exact) mass is 418 g/mol.